The van der Waals surface area contributed by atoms with Gasteiger partial charge in [0.05, 0.1) is 16.9 Å². The van der Waals surface area contributed by atoms with Gasteiger partial charge < -0.3 is 10.4 Å². The van der Waals surface area contributed by atoms with Gasteiger partial charge in [-0.15, -0.1) is 0 Å². The van der Waals surface area contributed by atoms with Crippen LogP contribution in [-0.2, 0) is 0 Å². The lowest BCUT2D eigenvalue weighted by Crippen LogP contribution is -2.13. The molecule has 104 valence electrons. The van der Waals surface area contributed by atoms with Gasteiger partial charge in [0.1, 0.15) is 5.75 Å². The van der Waals surface area contributed by atoms with Crippen molar-refractivity contribution >= 4 is 22.4 Å². The highest BCUT2D eigenvalue weighted by Gasteiger charge is 2.13. The number of anilines is 1. The van der Waals surface area contributed by atoms with Crippen LogP contribution in [-0.4, -0.2) is 16.0 Å². The number of nitrogens with zero attached hydrogens (tertiary/aromatic N) is 1. The van der Waals surface area contributed by atoms with Gasteiger partial charge in [0.2, 0.25) is 0 Å². The van der Waals surface area contributed by atoms with Gasteiger partial charge in [-0.25, -0.2) is 0 Å². The Morgan fingerprint density at radius 1 is 1.10 bits per heavy atom. The number of carbonyl (C=O) groups is 1. The Morgan fingerprint density at radius 3 is 2.52 bits per heavy atom. The van der Waals surface area contributed by atoms with Gasteiger partial charge >= 0.3 is 0 Å². The minimum absolute atomic E-state index is 0.0345. The number of phenols is 1. The first-order chi connectivity index (χ1) is 10.1. The van der Waals surface area contributed by atoms with E-state index in [1.807, 2.05) is 31.2 Å². The molecule has 0 aliphatic heterocycles. The van der Waals surface area contributed by atoms with Crippen LogP contribution in [0.2, 0.25) is 0 Å². The number of rotatable bonds is 2. The normalized spacial score (nSPS) is 10.5. The van der Waals surface area contributed by atoms with Crippen molar-refractivity contribution in [1.82, 2.24) is 4.98 Å². The Balaban J connectivity index is 1.98. The summed E-state index contributed by atoms with van der Waals surface area (Å²) >= 11 is 0. The maximum absolute atomic E-state index is 12.3. The number of pyridine rings is 1. The molecule has 21 heavy (non-hydrogen) atoms. The molecule has 0 fully saturated rings. The van der Waals surface area contributed by atoms with Gasteiger partial charge in [-0.2, -0.15) is 0 Å². The summed E-state index contributed by atoms with van der Waals surface area (Å²) in [6, 6.07) is 14.4. The highest BCUT2D eigenvalue weighted by atomic mass is 16.3. The molecule has 0 saturated carbocycles. The van der Waals surface area contributed by atoms with Gasteiger partial charge in [0.15, 0.2) is 0 Å². The number of amides is 1. The number of phenolic OH excluding ortho intramolecular Hbond substituents is 1. The minimum atomic E-state index is -0.352. The Hall–Kier alpha value is -2.88. The molecule has 4 heteroatoms. The molecular weight excluding hydrogens is 264 g/mol. The second-order valence-electron chi connectivity index (χ2n) is 4.81. The Morgan fingerprint density at radius 2 is 1.81 bits per heavy atom. The maximum Gasteiger partial charge on any atom is 0.259 e. The van der Waals surface area contributed by atoms with E-state index in [-0.39, 0.29) is 17.2 Å². The van der Waals surface area contributed by atoms with Crippen LogP contribution in [0.1, 0.15) is 16.1 Å². The quantitative estimate of drug-likeness (QED) is 0.754. The molecule has 0 unspecified atom stereocenters. The van der Waals surface area contributed by atoms with Crippen molar-refractivity contribution in [3.8, 4) is 5.75 Å². The van der Waals surface area contributed by atoms with Crippen LogP contribution in [0.3, 0.4) is 0 Å². The predicted octanol–water partition coefficient (Wildman–Crippen LogP) is 3.50. The van der Waals surface area contributed by atoms with E-state index in [4.69, 9.17) is 0 Å². The molecule has 1 amide bonds. The molecule has 0 atom stereocenters. The fraction of sp³-hybridized carbons (Fsp3) is 0.0588. The topological polar surface area (TPSA) is 62.2 Å². The highest BCUT2D eigenvalue weighted by molar-refractivity contribution is 6.08. The van der Waals surface area contributed by atoms with Crippen LogP contribution in [0, 0.1) is 6.92 Å². The average molecular weight is 278 g/mol. The van der Waals surface area contributed by atoms with E-state index >= 15 is 0 Å². The molecule has 0 aliphatic carbocycles. The zero-order chi connectivity index (χ0) is 14.8. The lowest BCUT2D eigenvalue weighted by Gasteiger charge is -2.09. The van der Waals surface area contributed by atoms with Crippen LogP contribution in [0.5, 0.6) is 5.75 Å². The monoisotopic (exact) mass is 278 g/mol. The van der Waals surface area contributed by atoms with Gasteiger partial charge in [0, 0.05) is 6.20 Å². The van der Waals surface area contributed by atoms with E-state index in [0.717, 1.165) is 16.5 Å². The number of aromatic nitrogens is 1. The van der Waals surface area contributed by atoms with E-state index in [9.17, 15) is 9.90 Å². The molecule has 0 saturated heterocycles. The summed E-state index contributed by atoms with van der Waals surface area (Å²) in [6.07, 6.45) is 1.67. The first-order valence-electron chi connectivity index (χ1n) is 6.60. The molecule has 0 radical (unpaired) electrons. The number of fused-ring (bicyclic) bond motifs is 1. The lowest BCUT2D eigenvalue weighted by atomic mass is 10.1. The second kappa shape index (κ2) is 5.25. The van der Waals surface area contributed by atoms with Gasteiger partial charge in [0.25, 0.3) is 5.91 Å². The van der Waals surface area contributed by atoms with Crippen molar-refractivity contribution in [1.29, 1.82) is 0 Å². The molecule has 2 N–H and O–H groups in total. The Kier molecular flexibility index (Phi) is 3.28. The zero-order valence-corrected chi connectivity index (χ0v) is 11.5. The Bertz CT molecular complexity index is 828. The van der Waals surface area contributed by atoms with Crippen LogP contribution in [0.15, 0.2) is 54.7 Å². The first-order valence-corrected chi connectivity index (χ1v) is 6.60. The van der Waals surface area contributed by atoms with Crippen molar-refractivity contribution in [2.75, 3.05) is 5.32 Å². The zero-order valence-electron chi connectivity index (χ0n) is 11.5. The molecule has 3 rings (SSSR count). The molecule has 3 aromatic rings. The predicted molar refractivity (Wildman–Crippen MR) is 82.5 cm³/mol. The van der Waals surface area contributed by atoms with Crippen molar-refractivity contribution in [2.24, 2.45) is 0 Å². The summed E-state index contributed by atoms with van der Waals surface area (Å²) in [5.41, 5.74) is 1.61. The van der Waals surface area contributed by atoms with E-state index in [2.05, 4.69) is 10.3 Å². The van der Waals surface area contributed by atoms with Crippen LogP contribution in [0.4, 0.5) is 5.69 Å². The standard InChI is InChI=1S/C17H14N2O2/c1-11-15(7-4-8-18-11)19-17(21)14-9-12-5-2-3-6-13(12)10-16(14)20/h2-10,20H,1H3,(H,19,21). The molecule has 0 bridgehead atoms. The summed E-state index contributed by atoms with van der Waals surface area (Å²) in [4.78, 5) is 16.5. The second-order valence-corrected chi connectivity index (χ2v) is 4.81. The van der Waals surface area contributed by atoms with E-state index in [0.29, 0.717) is 5.69 Å². The number of carbonyl (C=O) groups excluding carboxylic acids is 1. The highest BCUT2D eigenvalue weighted by Crippen LogP contribution is 2.26. The SMILES string of the molecule is Cc1ncccc1NC(=O)c1cc2ccccc2cc1O. The van der Waals surface area contributed by atoms with E-state index < -0.39 is 0 Å². The van der Waals surface area contributed by atoms with Crippen LogP contribution >= 0.6 is 0 Å². The third kappa shape index (κ3) is 2.56. The number of benzene rings is 2. The minimum Gasteiger partial charge on any atom is -0.507 e. The third-order valence-electron chi connectivity index (χ3n) is 3.36. The number of aromatic hydroxyl groups is 1. The fourth-order valence-corrected chi connectivity index (χ4v) is 2.22. The summed E-state index contributed by atoms with van der Waals surface area (Å²) < 4.78 is 0. The largest absolute Gasteiger partial charge is 0.507 e. The number of hydrogen-bond donors (Lipinski definition) is 2. The smallest absolute Gasteiger partial charge is 0.259 e. The van der Waals surface area contributed by atoms with Crippen LogP contribution in [0.25, 0.3) is 10.8 Å². The van der Waals surface area contributed by atoms with Crippen molar-refractivity contribution in [3.05, 3.63) is 66.0 Å². The average Bonchev–Trinajstić information content (AvgIpc) is 2.49. The molecular formula is C17H14N2O2. The molecule has 2 aromatic carbocycles. The third-order valence-corrected chi connectivity index (χ3v) is 3.36. The number of nitrogens with one attached hydrogen (secondary N) is 1. The number of hydrogen-bond acceptors (Lipinski definition) is 3. The molecule has 1 aromatic heterocycles. The molecule has 0 aliphatic rings. The van der Waals surface area contributed by atoms with E-state index in [1.165, 1.54) is 0 Å². The summed E-state index contributed by atoms with van der Waals surface area (Å²) in [6.45, 7) is 1.82. The maximum atomic E-state index is 12.3. The molecule has 4 nitrogen and oxygen atoms in total. The van der Waals surface area contributed by atoms with Gasteiger partial charge in [-0.3, -0.25) is 9.78 Å². The first kappa shape index (κ1) is 13.1. The fourth-order valence-electron chi connectivity index (χ4n) is 2.22. The van der Waals surface area contributed by atoms with Crippen molar-refractivity contribution in [2.45, 2.75) is 6.92 Å². The van der Waals surface area contributed by atoms with Crippen LogP contribution < -0.4 is 5.32 Å². The summed E-state index contributed by atoms with van der Waals surface area (Å²) in [7, 11) is 0. The van der Waals surface area contributed by atoms with E-state index in [1.54, 1.807) is 30.5 Å². The lowest BCUT2D eigenvalue weighted by molar-refractivity contribution is 0.102. The number of aryl methyl sites for hydroxylation is 1. The van der Waals surface area contributed by atoms with Crippen molar-refractivity contribution in [3.63, 3.8) is 0 Å². The Labute approximate surface area is 122 Å². The molecule has 1 heterocycles. The molecule has 0 spiro atoms. The van der Waals surface area contributed by atoms with Gasteiger partial charge in [-0.1, -0.05) is 24.3 Å². The summed E-state index contributed by atoms with van der Waals surface area (Å²) in [5, 5.41) is 14.6. The summed E-state index contributed by atoms with van der Waals surface area (Å²) in [5.74, 6) is -0.387. The van der Waals surface area contributed by atoms with Crippen molar-refractivity contribution < 1.29 is 9.90 Å². The van der Waals surface area contributed by atoms with Gasteiger partial charge in [-0.05, 0) is 42.0 Å².